The molecular weight excluding hydrogens is 318 g/mol. The van der Waals surface area contributed by atoms with Crippen LogP contribution in [0.25, 0.3) is 0 Å². The van der Waals surface area contributed by atoms with E-state index >= 15 is 0 Å². The largest absolute Gasteiger partial charge is 0.493 e. The maximum Gasteiger partial charge on any atom is 0.193 e. The van der Waals surface area contributed by atoms with Crippen LogP contribution in [0, 0.1) is 0 Å². The zero-order chi connectivity index (χ0) is 18.1. The molecule has 0 unspecified atom stereocenters. The smallest absolute Gasteiger partial charge is 0.193 e. The molecule has 0 heterocycles. The number of aliphatic imine (C=N–C) groups is 1. The molecule has 0 aliphatic rings. The predicted molar refractivity (Wildman–Crippen MR) is 100 cm³/mol. The molecule has 0 saturated carbocycles. The molecule has 0 bridgehead atoms. The third-order valence-corrected chi connectivity index (χ3v) is 3.54. The van der Waals surface area contributed by atoms with E-state index in [4.69, 9.17) is 19.9 Å². The highest BCUT2D eigenvalue weighted by Gasteiger charge is 2.06. The van der Waals surface area contributed by atoms with Gasteiger partial charge in [-0.15, -0.1) is 0 Å². The number of nitrogens with one attached hydrogen (secondary N) is 1. The summed E-state index contributed by atoms with van der Waals surface area (Å²) in [7, 11) is 3.28. The Morgan fingerprint density at radius 3 is 2.64 bits per heavy atom. The Kier molecular flexibility index (Phi) is 7.10. The average molecular weight is 343 g/mol. The van der Waals surface area contributed by atoms with E-state index in [-0.39, 0.29) is 0 Å². The Morgan fingerprint density at radius 2 is 1.92 bits per heavy atom. The second-order valence-electron chi connectivity index (χ2n) is 5.33. The van der Waals surface area contributed by atoms with Gasteiger partial charge in [-0.25, -0.2) is 4.99 Å². The molecular formula is C19H25N3O3. The van der Waals surface area contributed by atoms with Crippen LogP contribution in [-0.2, 0) is 17.9 Å². The minimum Gasteiger partial charge on any atom is -0.493 e. The van der Waals surface area contributed by atoms with Crippen LogP contribution in [0.2, 0.25) is 0 Å². The molecule has 0 aliphatic heterocycles. The van der Waals surface area contributed by atoms with Crippen LogP contribution in [0.3, 0.4) is 0 Å². The fourth-order valence-electron chi connectivity index (χ4n) is 2.36. The molecule has 2 aromatic rings. The van der Waals surface area contributed by atoms with Crippen LogP contribution in [-0.4, -0.2) is 26.8 Å². The van der Waals surface area contributed by atoms with Crippen molar-refractivity contribution in [2.24, 2.45) is 10.7 Å². The molecule has 0 atom stereocenters. The summed E-state index contributed by atoms with van der Waals surface area (Å²) in [6.45, 7) is 3.47. The van der Waals surface area contributed by atoms with Crippen LogP contribution in [0.4, 0.5) is 5.69 Å². The normalized spacial score (nSPS) is 11.2. The van der Waals surface area contributed by atoms with Crippen LogP contribution in [0.5, 0.6) is 11.5 Å². The van der Waals surface area contributed by atoms with Gasteiger partial charge in [-0.2, -0.15) is 0 Å². The molecule has 0 saturated heterocycles. The predicted octanol–water partition coefficient (Wildman–Crippen LogP) is 3.17. The van der Waals surface area contributed by atoms with Gasteiger partial charge in [0.25, 0.3) is 0 Å². The van der Waals surface area contributed by atoms with Crippen LogP contribution in [0.1, 0.15) is 18.1 Å². The monoisotopic (exact) mass is 343 g/mol. The van der Waals surface area contributed by atoms with Crippen molar-refractivity contribution in [2.75, 3.05) is 26.1 Å². The van der Waals surface area contributed by atoms with Gasteiger partial charge >= 0.3 is 0 Å². The van der Waals surface area contributed by atoms with E-state index in [0.29, 0.717) is 31.5 Å². The van der Waals surface area contributed by atoms with Crippen LogP contribution < -0.4 is 20.5 Å². The van der Waals surface area contributed by atoms with Gasteiger partial charge in [0, 0.05) is 18.4 Å². The Morgan fingerprint density at radius 1 is 1.12 bits per heavy atom. The van der Waals surface area contributed by atoms with Gasteiger partial charge in [0.2, 0.25) is 0 Å². The molecule has 3 N–H and O–H groups in total. The topological polar surface area (TPSA) is 78.1 Å². The first kappa shape index (κ1) is 18.6. The standard InChI is InChI=1S/C19H25N3O3/c1-4-25-17-10-9-14(11-18(17)24-3)12-21-19(20)22-16-8-6-5-7-15(16)13-23-2/h5-11H,4,12-13H2,1-3H3,(H3,20,21,22). The molecule has 0 fully saturated rings. The lowest BCUT2D eigenvalue weighted by Gasteiger charge is -2.12. The van der Waals surface area contributed by atoms with Crippen molar-refractivity contribution in [1.29, 1.82) is 0 Å². The van der Waals surface area contributed by atoms with Crippen molar-refractivity contribution in [3.8, 4) is 11.5 Å². The van der Waals surface area contributed by atoms with Crippen molar-refractivity contribution in [3.05, 3.63) is 53.6 Å². The SMILES string of the molecule is CCOc1ccc(CN=C(N)Nc2ccccc2COC)cc1OC. The number of guanidine groups is 1. The van der Waals surface area contributed by atoms with Gasteiger partial charge in [0.1, 0.15) is 0 Å². The van der Waals surface area contributed by atoms with Crippen molar-refractivity contribution in [2.45, 2.75) is 20.1 Å². The number of benzene rings is 2. The summed E-state index contributed by atoms with van der Waals surface area (Å²) in [5.41, 5.74) is 8.89. The first-order valence-electron chi connectivity index (χ1n) is 8.11. The molecule has 6 heteroatoms. The molecule has 6 nitrogen and oxygen atoms in total. The molecule has 25 heavy (non-hydrogen) atoms. The quantitative estimate of drug-likeness (QED) is 0.569. The van der Waals surface area contributed by atoms with E-state index in [0.717, 1.165) is 22.6 Å². The fraction of sp³-hybridized carbons (Fsp3) is 0.316. The van der Waals surface area contributed by atoms with E-state index < -0.39 is 0 Å². The van der Waals surface area contributed by atoms with E-state index in [1.807, 2.05) is 49.4 Å². The number of ether oxygens (including phenoxy) is 3. The maximum atomic E-state index is 6.01. The zero-order valence-electron chi connectivity index (χ0n) is 14.9. The van der Waals surface area contributed by atoms with Gasteiger partial charge in [0.15, 0.2) is 17.5 Å². The number of hydrogen-bond donors (Lipinski definition) is 2. The lowest BCUT2D eigenvalue weighted by atomic mass is 10.2. The van der Waals surface area contributed by atoms with Crippen molar-refractivity contribution in [3.63, 3.8) is 0 Å². The summed E-state index contributed by atoms with van der Waals surface area (Å²) in [5.74, 6) is 1.75. The van der Waals surface area contributed by atoms with Crippen molar-refractivity contribution < 1.29 is 14.2 Å². The summed E-state index contributed by atoms with van der Waals surface area (Å²) in [6, 6.07) is 13.5. The average Bonchev–Trinajstić information content (AvgIpc) is 2.63. The van der Waals surface area contributed by atoms with E-state index in [1.54, 1.807) is 14.2 Å². The van der Waals surface area contributed by atoms with Crippen molar-refractivity contribution >= 4 is 11.6 Å². The molecule has 0 radical (unpaired) electrons. The summed E-state index contributed by atoms with van der Waals surface area (Å²) in [5, 5.41) is 3.12. The highest BCUT2D eigenvalue weighted by Crippen LogP contribution is 2.28. The molecule has 134 valence electrons. The molecule has 0 aliphatic carbocycles. The van der Waals surface area contributed by atoms with Crippen LogP contribution >= 0.6 is 0 Å². The third kappa shape index (κ3) is 5.39. The van der Waals surface area contributed by atoms with Crippen molar-refractivity contribution in [1.82, 2.24) is 0 Å². The number of para-hydroxylation sites is 1. The lowest BCUT2D eigenvalue weighted by molar-refractivity contribution is 0.185. The molecule has 2 rings (SSSR count). The number of hydrogen-bond acceptors (Lipinski definition) is 4. The number of nitrogens with zero attached hydrogens (tertiary/aromatic N) is 1. The summed E-state index contributed by atoms with van der Waals surface area (Å²) >= 11 is 0. The van der Waals surface area contributed by atoms with Crippen LogP contribution in [0.15, 0.2) is 47.5 Å². The summed E-state index contributed by atoms with van der Waals surface area (Å²) < 4.78 is 16.1. The highest BCUT2D eigenvalue weighted by molar-refractivity contribution is 5.92. The van der Waals surface area contributed by atoms with E-state index in [1.165, 1.54) is 0 Å². The van der Waals surface area contributed by atoms with Gasteiger partial charge in [-0.3, -0.25) is 0 Å². The third-order valence-electron chi connectivity index (χ3n) is 3.54. The zero-order valence-corrected chi connectivity index (χ0v) is 14.9. The van der Waals surface area contributed by atoms with Gasteiger partial charge in [-0.05, 0) is 30.7 Å². The Hall–Kier alpha value is -2.73. The minimum absolute atomic E-state index is 0.344. The second-order valence-corrected chi connectivity index (χ2v) is 5.33. The first-order valence-corrected chi connectivity index (χ1v) is 8.11. The molecule has 0 amide bonds. The molecule has 0 spiro atoms. The Bertz CT molecular complexity index is 717. The number of methoxy groups -OCH3 is 2. The summed E-state index contributed by atoms with van der Waals surface area (Å²) in [4.78, 5) is 4.39. The number of anilines is 1. The van der Waals surface area contributed by atoms with Gasteiger partial charge in [0.05, 0.1) is 26.9 Å². The molecule has 2 aromatic carbocycles. The fourth-order valence-corrected chi connectivity index (χ4v) is 2.36. The Labute approximate surface area is 148 Å². The van der Waals surface area contributed by atoms with E-state index in [9.17, 15) is 0 Å². The first-order chi connectivity index (χ1) is 12.2. The molecule has 0 aromatic heterocycles. The van der Waals surface area contributed by atoms with Gasteiger partial charge in [-0.1, -0.05) is 24.3 Å². The summed E-state index contributed by atoms with van der Waals surface area (Å²) in [6.07, 6.45) is 0. The van der Waals surface area contributed by atoms with Gasteiger partial charge < -0.3 is 25.3 Å². The second kappa shape index (κ2) is 9.54. The highest BCUT2D eigenvalue weighted by atomic mass is 16.5. The minimum atomic E-state index is 0.344. The lowest BCUT2D eigenvalue weighted by Crippen LogP contribution is -2.23. The maximum absolute atomic E-state index is 6.01. The number of nitrogens with two attached hydrogens (primary N) is 1. The number of rotatable bonds is 8. The van der Waals surface area contributed by atoms with E-state index in [2.05, 4.69) is 10.3 Å². The Balaban J connectivity index is 2.06.